The Bertz CT molecular complexity index is 1280. The van der Waals surface area contributed by atoms with Crippen LogP contribution in [0.4, 0.5) is 0 Å². The first-order valence-electron chi connectivity index (χ1n) is 10.5. The lowest BCUT2D eigenvalue weighted by Gasteiger charge is -2.19. The van der Waals surface area contributed by atoms with Gasteiger partial charge in [-0.05, 0) is 60.6 Å². The Morgan fingerprint density at radius 1 is 1.16 bits per heavy atom. The number of aromatic nitrogens is 2. The molecule has 1 unspecified atom stereocenters. The van der Waals surface area contributed by atoms with Crippen molar-refractivity contribution >= 4 is 33.3 Å². The zero-order chi connectivity index (χ0) is 21.4. The van der Waals surface area contributed by atoms with Gasteiger partial charge >= 0.3 is 0 Å². The molecular formula is C25H24N2O2S2. The number of rotatable bonds is 5. The highest BCUT2D eigenvalue weighted by Gasteiger charge is 2.26. The van der Waals surface area contributed by atoms with E-state index in [1.807, 2.05) is 42.5 Å². The number of fused-ring (bicyclic) bond motifs is 3. The van der Waals surface area contributed by atoms with Crippen LogP contribution in [0.2, 0.25) is 0 Å². The van der Waals surface area contributed by atoms with Crippen LogP contribution in [0.15, 0.2) is 64.5 Å². The van der Waals surface area contributed by atoms with Crippen LogP contribution in [0, 0.1) is 0 Å². The van der Waals surface area contributed by atoms with Crippen molar-refractivity contribution < 1.29 is 4.74 Å². The van der Waals surface area contributed by atoms with Gasteiger partial charge in [0.1, 0.15) is 10.6 Å². The summed E-state index contributed by atoms with van der Waals surface area (Å²) >= 11 is 3.31. The van der Waals surface area contributed by atoms with E-state index < -0.39 is 0 Å². The lowest BCUT2D eigenvalue weighted by atomic mass is 9.88. The summed E-state index contributed by atoms with van der Waals surface area (Å²) in [4.78, 5) is 21.1. The lowest BCUT2D eigenvalue weighted by Crippen LogP contribution is -2.22. The molecule has 1 aliphatic rings. The molecule has 0 N–H and O–H groups in total. The van der Waals surface area contributed by atoms with E-state index in [9.17, 15) is 4.79 Å². The number of hydrogen-bond donors (Lipinski definition) is 0. The summed E-state index contributed by atoms with van der Waals surface area (Å²) in [5.74, 6) is 1.98. The van der Waals surface area contributed by atoms with Crippen LogP contribution in [0.25, 0.3) is 15.9 Å². The van der Waals surface area contributed by atoms with Crippen molar-refractivity contribution in [3.63, 3.8) is 0 Å². The van der Waals surface area contributed by atoms with Gasteiger partial charge in [-0.2, -0.15) is 0 Å². The predicted molar refractivity (Wildman–Crippen MR) is 129 cm³/mol. The van der Waals surface area contributed by atoms with Gasteiger partial charge in [0.15, 0.2) is 5.16 Å². The van der Waals surface area contributed by atoms with E-state index in [2.05, 4.69) is 19.1 Å². The Labute approximate surface area is 189 Å². The second kappa shape index (κ2) is 8.52. The van der Waals surface area contributed by atoms with E-state index in [4.69, 9.17) is 9.72 Å². The Hall–Kier alpha value is -2.57. The van der Waals surface area contributed by atoms with Crippen LogP contribution in [-0.2, 0) is 12.2 Å². The molecule has 0 bridgehead atoms. The number of thioether (sulfide) groups is 1. The summed E-state index contributed by atoms with van der Waals surface area (Å²) in [5, 5.41) is 1.57. The van der Waals surface area contributed by atoms with E-state index in [0.29, 0.717) is 5.92 Å². The summed E-state index contributed by atoms with van der Waals surface area (Å²) in [6.45, 7) is 2.24. The summed E-state index contributed by atoms with van der Waals surface area (Å²) in [7, 11) is 1.67. The first-order valence-corrected chi connectivity index (χ1v) is 12.4. The second-order valence-electron chi connectivity index (χ2n) is 7.92. The first kappa shape index (κ1) is 20.3. The van der Waals surface area contributed by atoms with E-state index in [-0.39, 0.29) is 5.56 Å². The minimum Gasteiger partial charge on any atom is -0.497 e. The minimum absolute atomic E-state index is 0.0553. The van der Waals surface area contributed by atoms with E-state index in [0.717, 1.165) is 45.4 Å². The smallest absolute Gasteiger partial charge is 0.267 e. The van der Waals surface area contributed by atoms with Crippen molar-refractivity contribution in [1.82, 2.24) is 9.55 Å². The quantitative estimate of drug-likeness (QED) is 0.270. The molecule has 0 amide bonds. The van der Waals surface area contributed by atoms with Crippen LogP contribution in [0.3, 0.4) is 0 Å². The standard InChI is InChI=1S/C25H24N2O2S2/c1-16-7-6-10-20-21(16)22-23(31-20)26-25(27(24(22)28)18-8-4-3-5-9-18)30-15-17-11-13-19(29-2)14-12-17/h3-5,8-9,11-14,16H,6-7,10,15H2,1-2H3. The molecule has 1 atom stereocenters. The summed E-state index contributed by atoms with van der Waals surface area (Å²) in [6.07, 6.45) is 3.38. The molecule has 0 radical (unpaired) electrons. The molecule has 0 saturated carbocycles. The van der Waals surface area contributed by atoms with Gasteiger partial charge in [-0.25, -0.2) is 4.98 Å². The Kier molecular flexibility index (Phi) is 5.59. The molecule has 0 fully saturated rings. The fourth-order valence-electron chi connectivity index (χ4n) is 4.29. The van der Waals surface area contributed by atoms with Gasteiger partial charge in [0.05, 0.1) is 18.2 Å². The highest BCUT2D eigenvalue weighted by atomic mass is 32.2. The SMILES string of the molecule is COc1ccc(CSc2nc3sc4c(c3c(=O)n2-c2ccccc2)C(C)CCC4)cc1. The minimum atomic E-state index is 0.0553. The predicted octanol–water partition coefficient (Wildman–Crippen LogP) is 6.19. The highest BCUT2D eigenvalue weighted by molar-refractivity contribution is 7.98. The maximum atomic E-state index is 13.8. The van der Waals surface area contributed by atoms with Gasteiger partial charge in [0.2, 0.25) is 0 Å². The molecule has 2 aromatic heterocycles. The molecule has 158 valence electrons. The third-order valence-corrected chi connectivity index (χ3v) is 8.05. The van der Waals surface area contributed by atoms with Crippen LogP contribution >= 0.6 is 23.1 Å². The fourth-order valence-corrected chi connectivity index (χ4v) is 6.63. The number of methoxy groups -OCH3 is 1. The number of aryl methyl sites for hydroxylation is 1. The topological polar surface area (TPSA) is 44.1 Å². The molecular weight excluding hydrogens is 424 g/mol. The summed E-state index contributed by atoms with van der Waals surface area (Å²) < 4.78 is 7.05. The molecule has 5 rings (SSSR count). The third-order valence-electron chi connectivity index (χ3n) is 5.88. The van der Waals surface area contributed by atoms with Crippen LogP contribution < -0.4 is 10.3 Å². The highest BCUT2D eigenvalue weighted by Crippen LogP contribution is 2.41. The Morgan fingerprint density at radius 2 is 1.94 bits per heavy atom. The molecule has 6 heteroatoms. The second-order valence-corrected chi connectivity index (χ2v) is 9.95. The number of thiophene rings is 1. The normalized spacial score (nSPS) is 15.7. The molecule has 0 spiro atoms. The monoisotopic (exact) mass is 448 g/mol. The zero-order valence-electron chi connectivity index (χ0n) is 17.6. The Balaban J connectivity index is 1.63. The summed E-state index contributed by atoms with van der Waals surface area (Å²) in [5.41, 5.74) is 3.32. The van der Waals surface area contributed by atoms with E-state index in [1.54, 1.807) is 34.8 Å². The third kappa shape index (κ3) is 3.79. The maximum absolute atomic E-state index is 13.8. The first-order chi connectivity index (χ1) is 15.2. The number of hydrogen-bond acceptors (Lipinski definition) is 5. The van der Waals surface area contributed by atoms with Gasteiger partial charge in [0, 0.05) is 10.6 Å². The fraction of sp³-hybridized carbons (Fsp3) is 0.280. The van der Waals surface area contributed by atoms with E-state index >= 15 is 0 Å². The molecule has 4 aromatic rings. The van der Waals surface area contributed by atoms with Gasteiger partial charge in [-0.3, -0.25) is 9.36 Å². The summed E-state index contributed by atoms with van der Waals surface area (Å²) in [6, 6.07) is 17.9. The molecule has 31 heavy (non-hydrogen) atoms. The lowest BCUT2D eigenvalue weighted by molar-refractivity contribution is 0.414. The molecule has 2 aromatic carbocycles. The molecule has 4 nitrogen and oxygen atoms in total. The van der Waals surface area contributed by atoms with Crippen LogP contribution in [0.5, 0.6) is 5.75 Å². The zero-order valence-corrected chi connectivity index (χ0v) is 19.3. The van der Waals surface area contributed by atoms with Gasteiger partial charge < -0.3 is 4.74 Å². The molecule has 1 aliphatic carbocycles. The Morgan fingerprint density at radius 3 is 2.68 bits per heavy atom. The van der Waals surface area contributed by atoms with Gasteiger partial charge in [0.25, 0.3) is 5.56 Å². The van der Waals surface area contributed by atoms with Crippen molar-refractivity contribution in [3.8, 4) is 11.4 Å². The van der Waals surface area contributed by atoms with Crippen molar-refractivity contribution in [2.45, 2.75) is 43.0 Å². The molecule has 2 heterocycles. The molecule has 0 saturated heterocycles. The average Bonchev–Trinajstić information content (AvgIpc) is 3.18. The van der Waals surface area contributed by atoms with Crippen molar-refractivity contribution in [2.75, 3.05) is 7.11 Å². The van der Waals surface area contributed by atoms with Crippen molar-refractivity contribution in [3.05, 3.63) is 81.0 Å². The average molecular weight is 449 g/mol. The number of nitrogens with zero attached hydrogens (tertiary/aromatic N) is 2. The number of para-hydroxylation sites is 1. The van der Waals surface area contributed by atoms with Crippen LogP contribution in [-0.4, -0.2) is 16.7 Å². The number of ether oxygens (including phenoxy) is 1. The van der Waals surface area contributed by atoms with Gasteiger partial charge in [-0.1, -0.05) is 49.0 Å². The molecule has 0 aliphatic heterocycles. The van der Waals surface area contributed by atoms with Crippen molar-refractivity contribution in [1.29, 1.82) is 0 Å². The largest absolute Gasteiger partial charge is 0.497 e. The maximum Gasteiger partial charge on any atom is 0.267 e. The van der Waals surface area contributed by atoms with Crippen molar-refractivity contribution in [2.24, 2.45) is 0 Å². The van der Waals surface area contributed by atoms with Gasteiger partial charge in [-0.15, -0.1) is 11.3 Å². The van der Waals surface area contributed by atoms with Crippen LogP contribution in [0.1, 0.15) is 41.7 Å². The number of benzene rings is 2. The van der Waals surface area contributed by atoms with E-state index in [1.165, 1.54) is 22.4 Å².